The maximum Gasteiger partial charge on any atom is 0.116 e. The Bertz CT molecular complexity index is 1710. The van der Waals surface area contributed by atoms with Gasteiger partial charge in [0.2, 0.25) is 0 Å². The number of nitrogens with zero attached hydrogens (tertiary/aromatic N) is 4. The van der Waals surface area contributed by atoms with E-state index in [0.717, 1.165) is 67.0 Å². The number of pyridine rings is 3. The highest BCUT2D eigenvalue weighted by Crippen LogP contribution is 2.34. The first kappa shape index (κ1) is 21.7. The average molecular weight is 472 g/mol. The van der Waals surface area contributed by atoms with E-state index >= 15 is 0 Å². The van der Waals surface area contributed by atoms with Gasteiger partial charge in [0.05, 0.1) is 28.8 Å². The number of nitrogens with one attached hydrogen (secondary N) is 3. The van der Waals surface area contributed by atoms with Gasteiger partial charge in [-0.15, -0.1) is 0 Å². The van der Waals surface area contributed by atoms with Gasteiger partial charge in [0, 0.05) is 57.9 Å². The van der Waals surface area contributed by atoms with Crippen LogP contribution in [0.3, 0.4) is 0 Å². The average Bonchev–Trinajstić information content (AvgIpc) is 3.53. The molecule has 6 aromatic rings. The number of anilines is 1. The number of hydrogen-bond donors (Lipinski definition) is 3. The maximum absolute atomic E-state index is 4.65. The predicted octanol–water partition coefficient (Wildman–Crippen LogP) is 6.81. The third-order valence-corrected chi connectivity index (χ3v) is 6.39. The summed E-state index contributed by atoms with van der Waals surface area (Å²) in [7, 11) is 0. The topological polar surface area (TPSA) is 95.2 Å². The van der Waals surface area contributed by atoms with Crippen molar-refractivity contribution in [3.8, 4) is 33.8 Å². The molecule has 0 fully saturated rings. The summed E-state index contributed by atoms with van der Waals surface area (Å²) in [5.41, 5.74) is 9.66. The molecule has 0 saturated heterocycles. The SMILES string of the molecule is C=C(Nc1cncc(-c2ccc3[nH]nc(-c4cc5c(-c6ccncc6)nccc5[nH]4)c3c2)c1)C(C)C. The van der Waals surface area contributed by atoms with E-state index in [-0.39, 0.29) is 0 Å². The largest absolute Gasteiger partial charge is 0.358 e. The minimum Gasteiger partial charge on any atom is -0.358 e. The van der Waals surface area contributed by atoms with Crippen molar-refractivity contribution in [2.45, 2.75) is 13.8 Å². The second-order valence-electron chi connectivity index (χ2n) is 9.14. The van der Waals surface area contributed by atoms with E-state index in [9.17, 15) is 0 Å². The van der Waals surface area contributed by atoms with Gasteiger partial charge in [-0.05, 0) is 53.9 Å². The zero-order valence-electron chi connectivity index (χ0n) is 20.1. The molecule has 3 N–H and O–H groups in total. The van der Waals surface area contributed by atoms with Crippen molar-refractivity contribution in [2.24, 2.45) is 5.92 Å². The smallest absolute Gasteiger partial charge is 0.116 e. The molecule has 0 radical (unpaired) electrons. The van der Waals surface area contributed by atoms with Gasteiger partial charge < -0.3 is 10.3 Å². The normalized spacial score (nSPS) is 11.4. The van der Waals surface area contributed by atoms with Crippen LogP contribution in [-0.2, 0) is 0 Å². The van der Waals surface area contributed by atoms with Crippen molar-refractivity contribution in [2.75, 3.05) is 5.32 Å². The zero-order chi connectivity index (χ0) is 24.6. The molecule has 1 aromatic carbocycles. The lowest BCUT2D eigenvalue weighted by Crippen LogP contribution is -2.04. The summed E-state index contributed by atoms with van der Waals surface area (Å²) in [6.07, 6.45) is 9.08. The van der Waals surface area contributed by atoms with Crippen LogP contribution in [0.15, 0.2) is 91.8 Å². The van der Waals surface area contributed by atoms with Gasteiger partial charge in [0.15, 0.2) is 0 Å². The number of H-pyrrole nitrogens is 2. The van der Waals surface area contributed by atoms with Gasteiger partial charge in [0.25, 0.3) is 0 Å². The summed E-state index contributed by atoms with van der Waals surface area (Å²) in [4.78, 5) is 16.7. The monoisotopic (exact) mass is 471 g/mol. The van der Waals surface area contributed by atoms with E-state index < -0.39 is 0 Å². The number of rotatable bonds is 6. The van der Waals surface area contributed by atoms with E-state index in [4.69, 9.17) is 0 Å². The molecular weight excluding hydrogens is 446 g/mol. The Hall–Kier alpha value is -4.78. The summed E-state index contributed by atoms with van der Waals surface area (Å²) in [6.45, 7) is 8.34. The first-order valence-electron chi connectivity index (χ1n) is 11.8. The van der Waals surface area contributed by atoms with Gasteiger partial charge in [-0.3, -0.25) is 20.1 Å². The number of aromatic amines is 2. The second kappa shape index (κ2) is 8.78. The standard InChI is InChI=1S/C29H25N7/c1-17(2)18(3)33-22-12-21(15-31-16-22)20-4-5-26-23(13-20)29(36-35-26)27-14-24-25(34-27)8-11-32-28(24)19-6-9-30-10-7-19/h4-17,33-34H,3H2,1-2H3,(H,35,36). The molecule has 0 saturated carbocycles. The molecular formula is C29H25N7. The van der Waals surface area contributed by atoms with Crippen LogP contribution in [0, 0.1) is 5.92 Å². The molecule has 6 rings (SSSR count). The molecule has 0 atom stereocenters. The fourth-order valence-corrected chi connectivity index (χ4v) is 4.32. The molecule has 0 aliphatic rings. The Labute approximate surface area is 208 Å². The summed E-state index contributed by atoms with van der Waals surface area (Å²) < 4.78 is 0. The molecule has 0 bridgehead atoms. The van der Waals surface area contributed by atoms with E-state index in [1.807, 2.05) is 36.8 Å². The van der Waals surface area contributed by atoms with Gasteiger partial charge in [-0.25, -0.2) is 0 Å². The molecule has 0 spiro atoms. The van der Waals surface area contributed by atoms with Crippen molar-refractivity contribution in [1.29, 1.82) is 0 Å². The van der Waals surface area contributed by atoms with Crippen molar-refractivity contribution < 1.29 is 0 Å². The van der Waals surface area contributed by atoms with Crippen molar-refractivity contribution in [3.63, 3.8) is 0 Å². The van der Waals surface area contributed by atoms with Crippen molar-refractivity contribution >= 4 is 27.5 Å². The Morgan fingerprint density at radius 3 is 2.47 bits per heavy atom. The number of fused-ring (bicyclic) bond motifs is 2. The number of allylic oxidation sites excluding steroid dienone is 1. The first-order valence-corrected chi connectivity index (χ1v) is 11.8. The van der Waals surface area contributed by atoms with Crippen LogP contribution in [-0.4, -0.2) is 30.1 Å². The molecule has 5 heterocycles. The summed E-state index contributed by atoms with van der Waals surface area (Å²) >= 11 is 0. The quantitative estimate of drug-likeness (QED) is 0.248. The summed E-state index contributed by atoms with van der Waals surface area (Å²) in [6, 6.07) is 16.4. The summed E-state index contributed by atoms with van der Waals surface area (Å²) in [5, 5.41) is 13.3. The third-order valence-electron chi connectivity index (χ3n) is 6.39. The van der Waals surface area contributed by atoms with Crippen LogP contribution in [0.25, 0.3) is 55.6 Å². The Morgan fingerprint density at radius 2 is 1.64 bits per heavy atom. The Balaban J connectivity index is 1.41. The van der Waals surface area contributed by atoms with E-state index in [1.165, 1.54) is 0 Å². The molecule has 0 aliphatic heterocycles. The maximum atomic E-state index is 4.65. The molecule has 7 heteroatoms. The van der Waals surface area contributed by atoms with Gasteiger partial charge in [-0.1, -0.05) is 26.5 Å². The molecule has 0 amide bonds. The molecule has 0 unspecified atom stereocenters. The lowest BCUT2D eigenvalue weighted by molar-refractivity contribution is 0.778. The van der Waals surface area contributed by atoms with Crippen LogP contribution in [0.1, 0.15) is 13.8 Å². The van der Waals surface area contributed by atoms with E-state index in [0.29, 0.717) is 5.92 Å². The van der Waals surface area contributed by atoms with E-state index in [2.05, 4.69) is 86.2 Å². The molecule has 36 heavy (non-hydrogen) atoms. The fourth-order valence-electron chi connectivity index (χ4n) is 4.32. The van der Waals surface area contributed by atoms with Crippen LogP contribution in [0.5, 0.6) is 0 Å². The minimum atomic E-state index is 0.337. The van der Waals surface area contributed by atoms with Gasteiger partial charge in [0.1, 0.15) is 5.69 Å². The number of aromatic nitrogens is 6. The zero-order valence-corrected chi connectivity index (χ0v) is 20.1. The van der Waals surface area contributed by atoms with E-state index in [1.54, 1.807) is 12.4 Å². The first-order chi connectivity index (χ1) is 17.6. The van der Waals surface area contributed by atoms with Crippen LogP contribution < -0.4 is 5.32 Å². The van der Waals surface area contributed by atoms with Gasteiger partial charge >= 0.3 is 0 Å². The highest BCUT2D eigenvalue weighted by Gasteiger charge is 2.15. The fraction of sp³-hybridized carbons (Fsp3) is 0.103. The predicted molar refractivity (Wildman–Crippen MR) is 145 cm³/mol. The second-order valence-corrected chi connectivity index (χ2v) is 9.14. The minimum absolute atomic E-state index is 0.337. The Morgan fingerprint density at radius 1 is 0.806 bits per heavy atom. The molecule has 5 aromatic heterocycles. The highest BCUT2D eigenvalue weighted by atomic mass is 15.1. The lowest BCUT2D eigenvalue weighted by atomic mass is 10.0. The third kappa shape index (κ3) is 3.90. The van der Waals surface area contributed by atoms with Crippen LogP contribution in [0.4, 0.5) is 5.69 Å². The van der Waals surface area contributed by atoms with Gasteiger partial charge in [-0.2, -0.15) is 5.10 Å². The van der Waals surface area contributed by atoms with Crippen LogP contribution in [0.2, 0.25) is 0 Å². The lowest BCUT2D eigenvalue weighted by Gasteiger charge is -2.13. The molecule has 176 valence electrons. The summed E-state index contributed by atoms with van der Waals surface area (Å²) in [5.74, 6) is 0.337. The number of hydrogen-bond acceptors (Lipinski definition) is 5. The van der Waals surface area contributed by atoms with Crippen molar-refractivity contribution in [1.82, 2.24) is 30.1 Å². The van der Waals surface area contributed by atoms with Crippen molar-refractivity contribution in [3.05, 3.63) is 91.8 Å². The molecule has 7 nitrogen and oxygen atoms in total. The Kier molecular flexibility index (Phi) is 5.30. The number of benzene rings is 1. The molecule has 0 aliphatic carbocycles. The van der Waals surface area contributed by atoms with Crippen LogP contribution >= 0.6 is 0 Å². The highest BCUT2D eigenvalue weighted by molar-refractivity contribution is 6.00.